The summed E-state index contributed by atoms with van der Waals surface area (Å²) in [5.41, 5.74) is 10.2. The van der Waals surface area contributed by atoms with Crippen molar-refractivity contribution in [1.82, 2.24) is 14.8 Å². The number of hydrogen-bond donors (Lipinski definition) is 0. The van der Waals surface area contributed by atoms with E-state index >= 15 is 0 Å². The van der Waals surface area contributed by atoms with Gasteiger partial charge in [0.15, 0.2) is 0 Å². The Morgan fingerprint density at radius 3 is 2.40 bits per heavy atom. The predicted octanol–water partition coefficient (Wildman–Crippen LogP) is 5.82. The lowest BCUT2D eigenvalue weighted by Gasteiger charge is -2.30. The Labute approximate surface area is 210 Å². The molecule has 182 valence electrons. The second-order valence-electron chi connectivity index (χ2n) is 11.0. The fourth-order valence-corrected chi connectivity index (χ4v) is 5.77. The van der Waals surface area contributed by atoms with Gasteiger partial charge in [0.1, 0.15) is 0 Å². The molecule has 3 heterocycles. The first-order chi connectivity index (χ1) is 16.8. The second kappa shape index (κ2) is 9.58. The van der Waals surface area contributed by atoms with Crippen molar-refractivity contribution in [1.29, 1.82) is 0 Å². The highest BCUT2D eigenvalue weighted by Crippen LogP contribution is 2.36. The van der Waals surface area contributed by atoms with E-state index < -0.39 is 0 Å². The van der Waals surface area contributed by atoms with Gasteiger partial charge in [-0.1, -0.05) is 50.2 Å². The topological polar surface area (TPSA) is 36.4 Å². The summed E-state index contributed by atoms with van der Waals surface area (Å²) < 4.78 is 0. The normalized spacial score (nSPS) is 17.4. The molecule has 4 nitrogen and oxygen atoms in total. The summed E-state index contributed by atoms with van der Waals surface area (Å²) in [4.78, 5) is 22.2. The standard InChI is InChI=1S/C31H37N3O/c1-22-17-27(18-23(2)32-22)25-9-10-29-28(19-25)20-33(16-13-31(29,3)4)14-12-30(35)34-15-11-24-7-5-6-8-26(24)21-34/h5-10,17-19H,11-16,20-21H2,1-4H3. The molecule has 3 aromatic rings. The molecule has 0 spiro atoms. The molecule has 0 saturated heterocycles. The third-order valence-electron chi connectivity index (χ3n) is 7.82. The predicted molar refractivity (Wildman–Crippen MR) is 142 cm³/mol. The van der Waals surface area contributed by atoms with Crippen molar-refractivity contribution >= 4 is 5.91 Å². The first-order valence-corrected chi connectivity index (χ1v) is 12.9. The third kappa shape index (κ3) is 5.18. The summed E-state index contributed by atoms with van der Waals surface area (Å²) in [6.45, 7) is 13.1. The largest absolute Gasteiger partial charge is 0.338 e. The lowest BCUT2D eigenvalue weighted by Crippen LogP contribution is -2.38. The van der Waals surface area contributed by atoms with Gasteiger partial charge in [0.2, 0.25) is 5.91 Å². The summed E-state index contributed by atoms with van der Waals surface area (Å²) in [6.07, 6.45) is 2.64. The van der Waals surface area contributed by atoms with E-state index in [9.17, 15) is 4.79 Å². The molecule has 2 aromatic carbocycles. The number of fused-ring (bicyclic) bond motifs is 2. The maximum Gasteiger partial charge on any atom is 0.224 e. The van der Waals surface area contributed by atoms with Gasteiger partial charge in [-0.15, -0.1) is 0 Å². The van der Waals surface area contributed by atoms with Crippen LogP contribution in [0.3, 0.4) is 0 Å². The Bertz CT molecular complexity index is 1230. The summed E-state index contributed by atoms with van der Waals surface area (Å²) in [5.74, 6) is 0.278. The number of hydrogen-bond acceptors (Lipinski definition) is 3. The molecule has 0 N–H and O–H groups in total. The molecule has 1 amide bonds. The van der Waals surface area contributed by atoms with E-state index in [1.165, 1.54) is 33.4 Å². The maximum absolute atomic E-state index is 13.1. The zero-order valence-electron chi connectivity index (χ0n) is 21.6. The smallest absolute Gasteiger partial charge is 0.224 e. The zero-order valence-corrected chi connectivity index (χ0v) is 21.6. The van der Waals surface area contributed by atoms with Gasteiger partial charge in [0.25, 0.3) is 0 Å². The number of aryl methyl sites for hydroxylation is 2. The van der Waals surface area contributed by atoms with Crippen LogP contribution >= 0.6 is 0 Å². The Balaban J connectivity index is 1.31. The van der Waals surface area contributed by atoms with Gasteiger partial charge in [-0.3, -0.25) is 14.7 Å². The number of aromatic nitrogens is 1. The van der Waals surface area contributed by atoms with Crippen molar-refractivity contribution < 1.29 is 4.79 Å². The van der Waals surface area contributed by atoms with Gasteiger partial charge in [-0.2, -0.15) is 0 Å². The number of carbonyl (C=O) groups is 1. The molecular weight excluding hydrogens is 430 g/mol. The molecule has 35 heavy (non-hydrogen) atoms. The van der Waals surface area contributed by atoms with Crippen molar-refractivity contribution in [3.8, 4) is 11.1 Å². The van der Waals surface area contributed by atoms with Crippen molar-refractivity contribution in [2.75, 3.05) is 19.6 Å². The molecule has 5 rings (SSSR count). The summed E-state index contributed by atoms with van der Waals surface area (Å²) in [5, 5.41) is 0. The fourth-order valence-electron chi connectivity index (χ4n) is 5.77. The Kier molecular flexibility index (Phi) is 6.50. The van der Waals surface area contributed by atoms with Gasteiger partial charge in [0.05, 0.1) is 0 Å². The minimum Gasteiger partial charge on any atom is -0.338 e. The van der Waals surface area contributed by atoms with Gasteiger partial charge >= 0.3 is 0 Å². The van der Waals surface area contributed by atoms with Crippen LogP contribution in [0.1, 0.15) is 60.3 Å². The number of amides is 1. The lowest BCUT2D eigenvalue weighted by molar-refractivity contribution is -0.132. The van der Waals surface area contributed by atoms with Crippen LogP contribution in [0.2, 0.25) is 0 Å². The average molecular weight is 468 g/mol. The van der Waals surface area contributed by atoms with Gasteiger partial charge in [-0.25, -0.2) is 0 Å². The van der Waals surface area contributed by atoms with Crippen LogP contribution in [0, 0.1) is 13.8 Å². The molecule has 2 aliphatic heterocycles. The zero-order chi connectivity index (χ0) is 24.6. The van der Waals surface area contributed by atoms with E-state index in [0.717, 1.165) is 57.0 Å². The average Bonchev–Trinajstić information content (AvgIpc) is 2.96. The summed E-state index contributed by atoms with van der Waals surface area (Å²) >= 11 is 0. The van der Waals surface area contributed by atoms with E-state index in [2.05, 4.69) is 92.2 Å². The monoisotopic (exact) mass is 467 g/mol. The van der Waals surface area contributed by atoms with Crippen LogP contribution in [0.4, 0.5) is 0 Å². The molecule has 0 radical (unpaired) electrons. The van der Waals surface area contributed by atoms with Crippen molar-refractivity contribution in [2.45, 2.75) is 65.5 Å². The number of pyridine rings is 1. The van der Waals surface area contributed by atoms with Crippen LogP contribution in [0.5, 0.6) is 0 Å². The number of carbonyl (C=O) groups excluding carboxylic acids is 1. The van der Waals surface area contributed by atoms with Crippen LogP contribution in [-0.2, 0) is 29.7 Å². The van der Waals surface area contributed by atoms with Gasteiger partial charge in [0, 0.05) is 44.0 Å². The summed E-state index contributed by atoms with van der Waals surface area (Å²) in [7, 11) is 0. The molecular formula is C31H37N3O. The lowest BCUT2D eigenvalue weighted by atomic mass is 9.79. The molecule has 0 atom stereocenters. The van der Waals surface area contributed by atoms with Crippen LogP contribution in [-0.4, -0.2) is 40.3 Å². The molecule has 4 heteroatoms. The Morgan fingerprint density at radius 2 is 1.63 bits per heavy atom. The van der Waals surface area contributed by atoms with Crippen LogP contribution in [0.25, 0.3) is 11.1 Å². The highest BCUT2D eigenvalue weighted by atomic mass is 16.2. The van der Waals surface area contributed by atoms with Crippen LogP contribution < -0.4 is 0 Å². The molecule has 0 bridgehead atoms. The van der Waals surface area contributed by atoms with Crippen LogP contribution in [0.15, 0.2) is 54.6 Å². The highest BCUT2D eigenvalue weighted by molar-refractivity contribution is 5.76. The first kappa shape index (κ1) is 23.7. The number of benzene rings is 2. The quantitative estimate of drug-likeness (QED) is 0.485. The minimum atomic E-state index is 0.118. The van der Waals surface area contributed by atoms with E-state index in [4.69, 9.17) is 0 Å². The Morgan fingerprint density at radius 1 is 0.886 bits per heavy atom. The van der Waals surface area contributed by atoms with Crippen molar-refractivity contribution in [3.05, 3.63) is 88.2 Å². The minimum absolute atomic E-state index is 0.118. The van der Waals surface area contributed by atoms with E-state index in [1.54, 1.807) is 0 Å². The SMILES string of the molecule is Cc1cc(-c2ccc3c(c2)CN(CCC(=O)N2CCc4ccccc4C2)CCC3(C)C)cc(C)n1. The first-order valence-electron chi connectivity index (χ1n) is 12.9. The maximum atomic E-state index is 13.1. The molecule has 0 fully saturated rings. The third-order valence-corrected chi connectivity index (χ3v) is 7.82. The van der Waals surface area contributed by atoms with Crippen molar-refractivity contribution in [3.63, 3.8) is 0 Å². The molecule has 0 unspecified atom stereocenters. The van der Waals surface area contributed by atoms with E-state index in [1.807, 2.05) is 4.90 Å². The van der Waals surface area contributed by atoms with E-state index in [-0.39, 0.29) is 11.3 Å². The van der Waals surface area contributed by atoms with Gasteiger partial charge in [-0.05, 0) is 90.2 Å². The fraction of sp³-hybridized carbons (Fsp3) is 0.419. The Hall–Kier alpha value is -2.98. The number of rotatable bonds is 4. The molecule has 0 aliphatic carbocycles. The molecule has 0 saturated carbocycles. The van der Waals surface area contributed by atoms with E-state index in [0.29, 0.717) is 6.42 Å². The summed E-state index contributed by atoms with van der Waals surface area (Å²) in [6, 6.07) is 19.8. The highest BCUT2D eigenvalue weighted by Gasteiger charge is 2.29. The molecule has 2 aliphatic rings. The number of nitrogens with zero attached hydrogens (tertiary/aromatic N) is 3. The molecule has 1 aromatic heterocycles. The second-order valence-corrected chi connectivity index (χ2v) is 11.0. The van der Waals surface area contributed by atoms with Crippen molar-refractivity contribution in [2.24, 2.45) is 0 Å². The van der Waals surface area contributed by atoms with Gasteiger partial charge < -0.3 is 4.90 Å².